The molecule has 16 heavy (non-hydrogen) atoms. The number of fused-ring (bicyclic) bond motifs is 1. The molecule has 0 aliphatic carbocycles. The summed E-state index contributed by atoms with van der Waals surface area (Å²) in [6, 6.07) is 8.26. The van der Waals surface area contributed by atoms with Crippen LogP contribution in [0.2, 0.25) is 0 Å². The third-order valence-corrected chi connectivity index (χ3v) is 2.40. The third kappa shape index (κ3) is 2.08. The SMILES string of the molecule is Cc1cc(NC(C)C)c2cc(N)ccc2n1. The van der Waals surface area contributed by atoms with E-state index in [9.17, 15) is 0 Å². The molecule has 1 aromatic carbocycles. The van der Waals surface area contributed by atoms with Gasteiger partial charge in [-0.3, -0.25) is 4.98 Å². The first-order valence-electron chi connectivity index (χ1n) is 5.49. The van der Waals surface area contributed by atoms with Gasteiger partial charge in [0.1, 0.15) is 0 Å². The monoisotopic (exact) mass is 215 g/mol. The van der Waals surface area contributed by atoms with Crippen molar-refractivity contribution in [3.63, 3.8) is 0 Å². The van der Waals surface area contributed by atoms with Gasteiger partial charge >= 0.3 is 0 Å². The highest BCUT2D eigenvalue weighted by Gasteiger charge is 2.05. The van der Waals surface area contributed by atoms with E-state index in [4.69, 9.17) is 5.73 Å². The highest BCUT2D eigenvalue weighted by Crippen LogP contribution is 2.25. The van der Waals surface area contributed by atoms with Crippen LogP contribution in [0, 0.1) is 6.92 Å². The Kier molecular flexibility index (Phi) is 2.69. The van der Waals surface area contributed by atoms with E-state index < -0.39 is 0 Å². The molecule has 1 aromatic heterocycles. The van der Waals surface area contributed by atoms with Crippen LogP contribution < -0.4 is 11.1 Å². The Morgan fingerprint density at radius 2 is 2.00 bits per heavy atom. The van der Waals surface area contributed by atoms with Gasteiger partial charge in [0.15, 0.2) is 0 Å². The Morgan fingerprint density at radius 1 is 1.25 bits per heavy atom. The van der Waals surface area contributed by atoms with E-state index in [1.54, 1.807) is 0 Å². The molecule has 0 fully saturated rings. The summed E-state index contributed by atoms with van der Waals surface area (Å²) in [6.07, 6.45) is 0. The molecule has 3 nitrogen and oxygen atoms in total. The zero-order valence-corrected chi connectivity index (χ0v) is 9.91. The topological polar surface area (TPSA) is 50.9 Å². The lowest BCUT2D eigenvalue weighted by atomic mass is 10.1. The van der Waals surface area contributed by atoms with Crippen molar-refractivity contribution < 1.29 is 0 Å². The van der Waals surface area contributed by atoms with Crippen molar-refractivity contribution in [3.8, 4) is 0 Å². The second kappa shape index (κ2) is 4.00. The summed E-state index contributed by atoms with van der Waals surface area (Å²) < 4.78 is 0. The van der Waals surface area contributed by atoms with Crippen LogP contribution in [-0.2, 0) is 0 Å². The number of nitrogens with two attached hydrogens (primary N) is 1. The number of hydrogen-bond donors (Lipinski definition) is 2. The molecule has 1 heterocycles. The van der Waals surface area contributed by atoms with Crippen molar-refractivity contribution >= 4 is 22.3 Å². The Bertz CT molecular complexity index is 518. The van der Waals surface area contributed by atoms with Crippen LogP contribution in [0.5, 0.6) is 0 Å². The average molecular weight is 215 g/mol. The van der Waals surface area contributed by atoms with Crippen LogP contribution >= 0.6 is 0 Å². The van der Waals surface area contributed by atoms with E-state index in [1.807, 2.05) is 25.1 Å². The number of aryl methyl sites for hydroxylation is 1. The molecule has 3 heteroatoms. The molecular weight excluding hydrogens is 198 g/mol. The first-order chi connectivity index (χ1) is 7.56. The smallest absolute Gasteiger partial charge is 0.0727 e. The molecule has 0 saturated carbocycles. The van der Waals surface area contributed by atoms with E-state index in [0.717, 1.165) is 28.0 Å². The molecule has 0 saturated heterocycles. The summed E-state index contributed by atoms with van der Waals surface area (Å²) in [4.78, 5) is 4.49. The molecular formula is C13H17N3. The van der Waals surface area contributed by atoms with Crippen LogP contribution in [0.4, 0.5) is 11.4 Å². The minimum Gasteiger partial charge on any atom is -0.399 e. The lowest BCUT2D eigenvalue weighted by molar-refractivity contribution is 0.901. The van der Waals surface area contributed by atoms with Gasteiger partial charge in [0.05, 0.1) is 5.52 Å². The number of rotatable bonds is 2. The summed E-state index contributed by atoms with van der Waals surface area (Å²) in [7, 11) is 0. The van der Waals surface area contributed by atoms with Gasteiger partial charge in [0.25, 0.3) is 0 Å². The molecule has 0 aliphatic rings. The number of pyridine rings is 1. The lowest BCUT2D eigenvalue weighted by Gasteiger charge is -2.13. The van der Waals surface area contributed by atoms with Gasteiger partial charge in [-0.05, 0) is 45.0 Å². The molecule has 0 spiro atoms. The number of nitrogens with zero attached hydrogens (tertiary/aromatic N) is 1. The summed E-state index contributed by atoms with van der Waals surface area (Å²) in [5, 5.41) is 4.50. The lowest BCUT2D eigenvalue weighted by Crippen LogP contribution is -2.10. The number of nitrogens with one attached hydrogen (secondary N) is 1. The van der Waals surface area contributed by atoms with Crippen molar-refractivity contribution in [1.82, 2.24) is 4.98 Å². The van der Waals surface area contributed by atoms with Gasteiger partial charge < -0.3 is 11.1 Å². The third-order valence-electron chi connectivity index (χ3n) is 2.40. The number of benzene rings is 1. The molecule has 0 aliphatic heterocycles. The second-order valence-electron chi connectivity index (χ2n) is 4.39. The van der Waals surface area contributed by atoms with Crippen LogP contribution in [0.1, 0.15) is 19.5 Å². The quantitative estimate of drug-likeness (QED) is 0.757. The Morgan fingerprint density at radius 3 is 2.69 bits per heavy atom. The first kappa shape index (κ1) is 10.7. The molecule has 0 bridgehead atoms. The van der Waals surface area contributed by atoms with Crippen molar-refractivity contribution in [2.75, 3.05) is 11.1 Å². The molecule has 84 valence electrons. The van der Waals surface area contributed by atoms with Gasteiger partial charge in [0.2, 0.25) is 0 Å². The van der Waals surface area contributed by atoms with Gasteiger partial charge in [0, 0.05) is 28.5 Å². The molecule has 2 aromatic rings. The van der Waals surface area contributed by atoms with E-state index in [2.05, 4.69) is 30.2 Å². The van der Waals surface area contributed by atoms with Gasteiger partial charge in [-0.1, -0.05) is 0 Å². The van der Waals surface area contributed by atoms with Crippen LogP contribution in [0.3, 0.4) is 0 Å². The maximum Gasteiger partial charge on any atom is 0.0727 e. The first-order valence-corrected chi connectivity index (χ1v) is 5.49. The second-order valence-corrected chi connectivity index (χ2v) is 4.39. The molecule has 2 rings (SSSR count). The van der Waals surface area contributed by atoms with Crippen LogP contribution in [-0.4, -0.2) is 11.0 Å². The number of hydrogen-bond acceptors (Lipinski definition) is 3. The Labute approximate surface area is 95.7 Å². The minimum atomic E-state index is 0.395. The highest BCUT2D eigenvalue weighted by atomic mass is 14.9. The Hall–Kier alpha value is -1.77. The number of anilines is 2. The predicted octanol–water partition coefficient (Wildman–Crippen LogP) is 2.95. The normalized spacial score (nSPS) is 11.0. The van der Waals surface area contributed by atoms with E-state index >= 15 is 0 Å². The molecule has 3 N–H and O–H groups in total. The van der Waals surface area contributed by atoms with Crippen molar-refractivity contribution in [1.29, 1.82) is 0 Å². The van der Waals surface area contributed by atoms with Crippen LogP contribution in [0.15, 0.2) is 24.3 Å². The van der Waals surface area contributed by atoms with Crippen molar-refractivity contribution in [2.45, 2.75) is 26.8 Å². The summed E-state index contributed by atoms with van der Waals surface area (Å²) in [6.45, 7) is 6.24. The van der Waals surface area contributed by atoms with E-state index in [1.165, 1.54) is 0 Å². The number of nitrogen functional groups attached to an aromatic ring is 1. The molecule has 0 atom stereocenters. The summed E-state index contributed by atoms with van der Waals surface area (Å²) in [5.74, 6) is 0. The summed E-state index contributed by atoms with van der Waals surface area (Å²) >= 11 is 0. The maximum absolute atomic E-state index is 5.81. The fourth-order valence-corrected chi connectivity index (χ4v) is 1.81. The molecule has 0 unspecified atom stereocenters. The zero-order valence-electron chi connectivity index (χ0n) is 9.91. The standard InChI is InChI=1S/C13H17N3/c1-8(2)15-13-6-9(3)16-12-5-4-10(14)7-11(12)13/h4-8H,14H2,1-3H3,(H,15,16). The van der Waals surface area contributed by atoms with Gasteiger partial charge in [-0.15, -0.1) is 0 Å². The highest BCUT2D eigenvalue weighted by molar-refractivity contribution is 5.93. The number of aromatic nitrogens is 1. The average Bonchev–Trinajstić information content (AvgIpc) is 2.18. The van der Waals surface area contributed by atoms with Crippen molar-refractivity contribution in [2.24, 2.45) is 0 Å². The largest absolute Gasteiger partial charge is 0.399 e. The van der Waals surface area contributed by atoms with Gasteiger partial charge in [-0.2, -0.15) is 0 Å². The van der Waals surface area contributed by atoms with Crippen LogP contribution in [0.25, 0.3) is 10.9 Å². The predicted molar refractivity (Wildman–Crippen MR) is 69.7 cm³/mol. The van der Waals surface area contributed by atoms with E-state index in [-0.39, 0.29) is 0 Å². The molecule has 0 radical (unpaired) electrons. The fraction of sp³-hybridized carbons (Fsp3) is 0.308. The van der Waals surface area contributed by atoms with E-state index in [0.29, 0.717) is 6.04 Å². The zero-order chi connectivity index (χ0) is 11.7. The summed E-state index contributed by atoms with van der Waals surface area (Å²) in [5.41, 5.74) is 9.67. The Balaban J connectivity index is 2.64. The minimum absolute atomic E-state index is 0.395. The van der Waals surface area contributed by atoms with Gasteiger partial charge in [-0.25, -0.2) is 0 Å². The van der Waals surface area contributed by atoms with Crippen molar-refractivity contribution in [3.05, 3.63) is 30.0 Å². The molecule has 0 amide bonds. The maximum atomic E-state index is 5.81. The fourth-order valence-electron chi connectivity index (χ4n) is 1.81.